The first kappa shape index (κ1) is 19.9. The lowest BCUT2D eigenvalue weighted by Gasteiger charge is -2.34. The zero-order valence-corrected chi connectivity index (χ0v) is 18.4. The van der Waals surface area contributed by atoms with Crippen molar-refractivity contribution >= 4 is 22.9 Å². The van der Waals surface area contributed by atoms with Gasteiger partial charge < -0.3 is 5.32 Å². The maximum absolute atomic E-state index is 15.0. The lowest BCUT2D eigenvalue weighted by molar-refractivity contribution is -0.116. The second kappa shape index (κ2) is 7.71. The Balaban J connectivity index is 1.55. The second-order valence-corrected chi connectivity index (χ2v) is 9.37. The van der Waals surface area contributed by atoms with Crippen LogP contribution in [0.25, 0.3) is 5.69 Å². The highest BCUT2D eigenvalue weighted by molar-refractivity contribution is 7.10. The highest BCUT2D eigenvalue weighted by atomic mass is 32.1. The topological polar surface area (TPSA) is 66.9 Å². The Kier molecular flexibility index (Phi) is 4.66. The fourth-order valence-corrected chi connectivity index (χ4v) is 5.83. The van der Waals surface area contributed by atoms with Gasteiger partial charge in [0.1, 0.15) is 11.6 Å². The molecule has 2 aliphatic rings. The lowest BCUT2D eigenvalue weighted by Crippen LogP contribution is -2.32. The molecule has 2 aromatic carbocycles. The van der Waals surface area contributed by atoms with E-state index in [4.69, 9.17) is 0 Å². The fourth-order valence-electron chi connectivity index (χ4n) is 5.00. The van der Waals surface area contributed by atoms with Crippen molar-refractivity contribution in [2.45, 2.75) is 24.7 Å². The van der Waals surface area contributed by atoms with Crippen LogP contribution in [0.2, 0.25) is 0 Å². The summed E-state index contributed by atoms with van der Waals surface area (Å²) < 4.78 is 16.5. The maximum atomic E-state index is 15.0. The lowest BCUT2D eigenvalue weighted by atomic mass is 9.74. The normalized spacial score (nSPS) is 19.7. The van der Waals surface area contributed by atoms with E-state index in [1.807, 2.05) is 47.8 Å². The van der Waals surface area contributed by atoms with E-state index >= 15 is 4.39 Å². The molecule has 1 aliphatic heterocycles. The molecule has 0 radical (unpaired) electrons. The van der Waals surface area contributed by atoms with Crippen molar-refractivity contribution in [2.75, 3.05) is 5.32 Å². The van der Waals surface area contributed by atoms with Crippen LogP contribution in [0.3, 0.4) is 0 Å². The van der Waals surface area contributed by atoms with Gasteiger partial charge in [0.2, 0.25) is 0 Å². The number of thiophene rings is 1. The quantitative estimate of drug-likeness (QED) is 0.437. The molecule has 5 nitrogen and oxygen atoms in total. The standard InChI is InChI=1S/C26H20FN3O2S/c27-18-10-5-4-9-17(18)22-23-19(13-15(14-20(23)31)21-11-6-12-33-21)28-25-24(22)26(32)30(29-25)16-7-2-1-3-8-16/h1-12,15,22,28-29H,13-14H2. The van der Waals surface area contributed by atoms with Crippen LogP contribution in [-0.4, -0.2) is 15.6 Å². The van der Waals surface area contributed by atoms with E-state index in [1.165, 1.54) is 10.7 Å². The van der Waals surface area contributed by atoms with Crippen LogP contribution in [0.4, 0.5) is 10.2 Å². The van der Waals surface area contributed by atoms with Crippen LogP contribution < -0.4 is 10.9 Å². The van der Waals surface area contributed by atoms with Crippen molar-refractivity contribution in [3.63, 3.8) is 0 Å². The van der Waals surface area contributed by atoms with Crippen molar-refractivity contribution in [1.82, 2.24) is 9.78 Å². The molecule has 0 saturated heterocycles. The largest absolute Gasteiger partial charge is 0.343 e. The molecule has 0 saturated carbocycles. The number of anilines is 1. The van der Waals surface area contributed by atoms with E-state index in [2.05, 4.69) is 10.4 Å². The van der Waals surface area contributed by atoms with Crippen LogP contribution in [0.5, 0.6) is 0 Å². The number of fused-ring (bicyclic) bond motifs is 1. The van der Waals surface area contributed by atoms with E-state index in [0.29, 0.717) is 41.0 Å². The number of H-pyrrole nitrogens is 1. The molecule has 33 heavy (non-hydrogen) atoms. The number of aromatic amines is 1. The molecule has 2 unspecified atom stereocenters. The molecule has 0 bridgehead atoms. The number of hydrogen-bond donors (Lipinski definition) is 2. The highest BCUT2D eigenvalue weighted by Gasteiger charge is 2.42. The first-order valence-electron chi connectivity index (χ1n) is 10.8. The first-order chi connectivity index (χ1) is 16.1. The van der Waals surface area contributed by atoms with Crippen LogP contribution in [0.1, 0.15) is 40.7 Å². The summed E-state index contributed by atoms with van der Waals surface area (Å²) >= 11 is 1.64. The molecule has 0 fully saturated rings. The van der Waals surface area contributed by atoms with Crippen molar-refractivity contribution in [3.8, 4) is 5.69 Å². The van der Waals surface area contributed by atoms with Gasteiger partial charge >= 0.3 is 0 Å². The Morgan fingerprint density at radius 2 is 1.73 bits per heavy atom. The smallest absolute Gasteiger partial charge is 0.277 e. The van der Waals surface area contributed by atoms with E-state index in [9.17, 15) is 9.59 Å². The third kappa shape index (κ3) is 3.19. The monoisotopic (exact) mass is 457 g/mol. The van der Waals surface area contributed by atoms with Crippen LogP contribution in [0, 0.1) is 5.82 Å². The number of para-hydroxylation sites is 1. The average Bonchev–Trinajstić information content (AvgIpc) is 3.47. The zero-order valence-electron chi connectivity index (χ0n) is 17.5. The van der Waals surface area contributed by atoms with E-state index in [0.717, 1.165) is 10.6 Å². The maximum Gasteiger partial charge on any atom is 0.277 e. The number of halogens is 1. The van der Waals surface area contributed by atoms with Crippen LogP contribution in [0.15, 0.2) is 88.2 Å². The van der Waals surface area contributed by atoms with Gasteiger partial charge in [-0.25, -0.2) is 9.07 Å². The number of allylic oxidation sites excluding steroid dienone is 2. The summed E-state index contributed by atoms with van der Waals surface area (Å²) in [5.41, 5.74) is 2.34. The summed E-state index contributed by atoms with van der Waals surface area (Å²) in [5, 5.41) is 8.51. The summed E-state index contributed by atoms with van der Waals surface area (Å²) in [6, 6.07) is 19.7. The van der Waals surface area contributed by atoms with E-state index < -0.39 is 11.7 Å². The molecule has 1 aliphatic carbocycles. The Morgan fingerprint density at radius 3 is 2.48 bits per heavy atom. The molecule has 2 N–H and O–H groups in total. The average molecular weight is 458 g/mol. The van der Waals surface area contributed by atoms with Crippen molar-refractivity contribution < 1.29 is 9.18 Å². The zero-order chi connectivity index (χ0) is 22.5. The molecule has 6 rings (SSSR count). The van der Waals surface area contributed by atoms with Gasteiger partial charge in [0.25, 0.3) is 5.56 Å². The molecule has 3 heterocycles. The number of Topliss-reactive ketones (excluding diaryl/α,β-unsaturated/α-hetero) is 1. The minimum atomic E-state index is -0.761. The predicted molar refractivity (Wildman–Crippen MR) is 127 cm³/mol. The van der Waals surface area contributed by atoms with Gasteiger partial charge in [0, 0.05) is 34.0 Å². The SMILES string of the molecule is O=C1CC(c2cccs2)CC2=C1C(c1ccccc1F)c1c([nH]n(-c3ccccc3)c1=O)N2. The van der Waals surface area contributed by atoms with Gasteiger partial charge in [0.15, 0.2) is 5.78 Å². The fraction of sp³-hybridized carbons (Fsp3) is 0.154. The summed E-state index contributed by atoms with van der Waals surface area (Å²) in [4.78, 5) is 28.2. The minimum absolute atomic E-state index is 0.0482. The highest BCUT2D eigenvalue weighted by Crippen LogP contribution is 2.47. The van der Waals surface area contributed by atoms with E-state index in [-0.39, 0.29) is 17.3 Å². The van der Waals surface area contributed by atoms with Crippen molar-refractivity contribution in [1.29, 1.82) is 0 Å². The van der Waals surface area contributed by atoms with Gasteiger partial charge in [-0.3, -0.25) is 14.7 Å². The van der Waals surface area contributed by atoms with Gasteiger partial charge in [-0.05, 0) is 36.1 Å². The number of hydrogen-bond acceptors (Lipinski definition) is 4. The summed E-state index contributed by atoms with van der Waals surface area (Å²) in [5.74, 6) is -0.664. The summed E-state index contributed by atoms with van der Waals surface area (Å²) in [7, 11) is 0. The number of carbonyl (C=O) groups excluding carboxylic acids is 1. The molecule has 4 aromatic rings. The van der Waals surface area contributed by atoms with E-state index in [1.54, 1.807) is 29.5 Å². The number of rotatable bonds is 3. The number of nitrogens with one attached hydrogen (secondary N) is 2. The molecule has 2 atom stereocenters. The third-order valence-corrected chi connectivity index (χ3v) is 7.50. The second-order valence-electron chi connectivity index (χ2n) is 8.39. The predicted octanol–water partition coefficient (Wildman–Crippen LogP) is 5.32. The first-order valence-corrected chi connectivity index (χ1v) is 11.7. The van der Waals surface area contributed by atoms with Crippen molar-refractivity contribution in [3.05, 3.63) is 116 Å². The Labute approximate surface area is 193 Å². The van der Waals surface area contributed by atoms with Crippen LogP contribution >= 0.6 is 11.3 Å². The Bertz CT molecular complexity index is 1450. The molecular weight excluding hydrogens is 437 g/mol. The number of aromatic nitrogens is 2. The van der Waals surface area contributed by atoms with Gasteiger partial charge in [-0.1, -0.05) is 42.5 Å². The van der Waals surface area contributed by atoms with Gasteiger partial charge in [0.05, 0.1) is 17.2 Å². The van der Waals surface area contributed by atoms with Gasteiger partial charge in [-0.2, -0.15) is 0 Å². The Morgan fingerprint density at radius 1 is 0.939 bits per heavy atom. The van der Waals surface area contributed by atoms with Crippen LogP contribution in [-0.2, 0) is 4.79 Å². The molecular formula is C26H20FN3O2S. The molecule has 7 heteroatoms. The number of ketones is 1. The van der Waals surface area contributed by atoms with Crippen molar-refractivity contribution in [2.24, 2.45) is 0 Å². The van der Waals surface area contributed by atoms with Gasteiger partial charge in [-0.15, -0.1) is 11.3 Å². The molecule has 0 amide bonds. The molecule has 0 spiro atoms. The molecule has 2 aromatic heterocycles. The number of benzene rings is 2. The number of carbonyl (C=O) groups is 1. The number of nitrogens with zero attached hydrogens (tertiary/aromatic N) is 1. The Hall–Kier alpha value is -3.71. The summed E-state index contributed by atoms with van der Waals surface area (Å²) in [6.07, 6.45) is 0.975. The third-order valence-electron chi connectivity index (χ3n) is 6.46. The minimum Gasteiger partial charge on any atom is -0.343 e. The summed E-state index contributed by atoms with van der Waals surface area (Å²) in [6.45, 7) is 0. The molecule has 164 valence electrons.